The summed E-state index contributed by atoms with van der Waals surface area (Å²) >= 11 is 0. The molecule has 2 heterocycles. The number of carbonyl (C=O) groups is 1. The number of nitrogens with zero attached hydrogens (tertiary/aromatic N) is 2. The normalized spacial score (nSPS) is 22.4. The summed E-state index contributed by atoms with van der Waals surface area (Å²) in [7, 11) is 0. The smallest absolute Gasteiger partial charge is 0.234 e. The zero-order valence-electron chi connectivity index (χ0n) is 13.8. The molecule has 5 heteroatoms. The molecule has 0 spiro atoms. The van der Waals surface area contributed by atoms with E-state index in [0.717, 1.165) is 32.4 Å². The molecule has 1 unspecified atom stereocenters. The van der Waals surface area contributed by atoms with Crippen molar-refractivity contribution in [3.8, 4) is 11.3 Å². The van der Waals surface area contributed by atoms with Gasteiger partial charge < -0.3 is 9.42 Å². The number of amides is 1. The molecule has 24 heavy (non-hydrogen) atoms. The second-order valence-corrected chi connectivity index (χ2v) is 7.14. The SMILES string of the molecule is CC1CCCN(C(=O)C2(c3cc(-c4ccccc4F)on3)CC2)C1. The van der Waals surface area contributed by atoms with Crippen LogP contribution in [0, 0.1) is 11.7 Å². The number of carbonyl (C=O) groups excluding carboxylic acids is 1. The molecule has 4 rings (SSSR count). The summed E-state index contributed by atoms with van der Waals surface area (Å²) in [5.41, 5.74) is 0.472. The third-order valence-corrected chi connectivity index (χ3v) is 5.24. The highest BCUT2D eigenvalue weighted by molar-refractivity contribution is 5.91. The zero-order chi connectivity index (χ0) is 16.7. The average Bonchev–Trinajstić information content (AvgIpc) is 3.25. The Hall–Kier alpha value is -2.17. The van der Waals surface area contributed by atoms with Crippen molar-refractivity contribution < 1.29 is 13.7 Å². The van der Waals surface area contributed by atoms with Gasteiger partial charge in [0.05, 0.1) is 16.7 Å². The van der Waals surface area contributed by atoms with E-state index in [9.17, 15) is 9.18 Å². The van der Waals surface area contributed by atoms with Gasteiger partial charge in [-0.15, -0.1) is 0 Å². The number of piperidine rings is 1. The van der Waals surface area contributed by atoms with Gasteiger partial charge in [0, 0.05) is 19.2 Å². The average molecular weight is 328 g/mol. The molecule has 2 aromatic rings. The quantitative estimate of drug-likeness (QED) is 0.861. The summed E-state index contributed by atoms with van der Waals surface area (Å²) in [4.78, 5) is 15.0. The molecule has 1 aliphatic carbocycles. The van der Waals surface area contributed by atoms with Crippen molar-refractivity contribution in [2.75, 3.05) is 13.1 Å². The van der Waals surface area contributed by atoms with Crippen LogP contribution in [0.15, 0.2) is 34.9 Å². The van der Waals surface area contributed by atoms with Crippen LogP contribution in [0.5, 0.6) is 0 Å². The van der Waals surface area contributed by atoms with Crippen LogP contribution >= 0.6 is 0 Å². The lowest BCUT2D eigenvalue weighted by molar-refractivity contribution is -0.135. The molecule has 2 fully saturated rings. The first-order chi connectivity index (χ1) is 11.6. The molecule has 1 saturated carbocycles. The lowest BCUT2D eigenvalue weighted by atomic mass is 9.95. The Bertz CT molecular complexity index is 766. The van der Waals surface area contributed by atoms with E-state index >= 15 is 0 Å². The van der Waals surface area contributed by atoms with Crippen molar-refractivity contribution >= 4 is 5.91 Å². The molecule has 2 aliphatic rings. The first kappa shape index (κ1) is 15.4. The minimum Gasteiger partial charge on any atom is -0.356 e. The van der Waals surface area contributed by atoms with Crippen LogP contribution in [0.2, 0.25) is 0 Å². The van der Waals surface area contributed by atoms with E-state index < -0.39 is 5.41 Å². The molecule has 0 bridgehead atoms. The number of hydrogen-bond donors (Lipinski definition) is 0. The largest absolute Gasteiger partial charge is 0.356 e. The van der Waals surface area contributed by atoms with Gasteiger partial charge in [0.1, 0.15) is 5.82 Å². The molecular formula is C19H21FN2O2. The van der Waals surface area contributed by atoms with E-state index in [0.29, 0.717) is 22.9 Å². The van der Waals surface area contributed by atoms with Crippen LogP contribution in [0.3, 0.4) is 0 Å². The molecule has 1 aromatic heterocycles. The maximum Gasteiger partial charge on any atom is 0.234 e. The molecule has 126 valence electrons. The molecule has 1 aromatic carbocycles. The fraction of sp³-hybridized carbons (Fsp3) is 0.474. The molecule has 0 radical (unpaired) electrons. The predicted molar refractivity (Wildman–Crippen MR) is 87.8 cm³/mol. The van der Waals surface area contributed by atoms with E-state index in [1.807, 2.05) is 4.90 Å². The van der Waals surface area contributed by atoms with Gasteiger partial charge in [-0.1, -0.05) is 24.2 Å². The summed E-state index contributed by atoms with van der Waals surface area (Å²) in [6, 6.07) is 8.18. The third-order valence-electron chi connectivity index (χ3n) is 5.24. The number of likely N-dealkylation sites (tertiary alicyclic amines) is 1. The number of aromatic nitrogens is 1. The van der Waals surface area contributed by atoms with Crippen LogP contribution < -0.4 is 0 Å². The van der Waals surface area contributed by atoms with E-state index in [1.165, 1.54) is 12.5 Å². The molecule has 4 nitrogen and oxygen atoms in total. The lowest BCUT2D eigenvalue weighted by Gasteiger charge is -2.33. The Balaban J connectivity index is 1.60. The molecule has 1 atom stereocenters. The minimum atomic E-state index is -0.552. The van der Waals surface area contributed by atoms with E-state index in [4.69, 9.17) is 4.52 Å². The summed E-state index contributed by atoms with van der Waals surface area (Å²) in [6.45, 7) is 3.83. The molecule has 1 aliphatic heterocycles. The summed E-state index contributed by atoms with van der Waals surface area (Å²) in [6.07, 6.45) is 3.82. The van der Waals surface area contributed by atoms with Crippen LogP contribution in [-0.2, 0) is 10.2 Å². The number of hydrogen-bond acceptors (Lipinski definition) is 3. The van der Waals surface area contributed by atoms with E-state index in [-0.39, 0.29) is 11.7 Å². The van der Waals surface area contributed by atoms with Gasteiger partial charge in [-0.3, -0.25) is 4.79 Å². The Morgan fingerprint density at radius 1 is 1.38 bits per heavy atom. The standard InChI is InChI=1S/C19H21FN2O2/c1-13-5-4-10-22(12-13)18(23)19(8-9-19)17-11-16(24-21-17)14-6-2-3-7-15(14)20/h2-3,6-7,11,13H,4-5,8-10,12H2,1H3. The van der Waals surface area contributed by atoms with Crippen molar-refractivity contribution in [3.05, 3.63) is 41.8 Å². The fourth-order valence-electron chi connectivity index (χ4n) is 3.67. The van der Waals surface area contributed by atoms with Gasteiger partial charge >= 0.3 is 0 Å². The Kier molecular flexibility index (Phi) is 3.66. The summed E-state index contributed by atoms with van der Waals surface area (Å²) < 4.78 is 19.3. The van der Waals surface area contributed by atoms with Crippen LogP contribution in [0.4, 0.5) is 4.39 Å². The summed E-state index contributed by atoms with van der Waals surface area (Å²) in [5.74, 6) is 0.739. The molecule has 0 N–H and O–H groups in total. The topological polar surface area (TPSA) is 46.3 Å². The zero-order valence-corrected chi connectivity index (χ0v) is 13.8. The third kappa shape index (κ3) is 2.52. The first-order valence-electron chi connectivity index (χ1n) is 8.62. The van der Waals surface area contributed by atoms with Gasteiger partial charge in [0.2, 0.25) is 5.91 Å². The van der Waals surface area contributed by atoms with Crippen molar-refractivity contribution in [2.45, 2.75) is 38.0 Å². The predicted octanol–water partition coefficient (Wildman–Crippen LogP) is 3.77. The maximum atomic E-state index is 13.9. The fourth-order valence-corrected chi connectivity index (χ4v) is 3.67. The highest BCUT2D eigenvalue weighted by Crippen LogP contribution is 2.50. The van der Waals surface area contributed by atoms with Gasteiger partial charge in [-0.05, 0) is 43.7 Å². The van der Waals surface area contributed by atoms with Gasteiger partial charge in [-0.2, -0.15) is 0 Å². The van der Waals surface area contributed by atoms with Crippen molar-refractivity contribution in [2.24, 2.45) is 5.92 Å². The first-order valence-corrected chi connectivity index (χ1v) is 8.62. The minimum absolute atomic E-state index is 0.155. The van der Waals surface area contributed by atoms with Gasteiger partial charge in [-0.25, -0.2) is 4.39 Å². The second-order valence-electron chi connectivity index (χ2n) is 7.14. The van der Waals surface area contributed by atoms with Crippen molar-refractivity contribution in [1.29, 1.82) is 0 Å². The highest BCUT2D eigenvalue weighted by Gasteiger charge is 2.55. The number of rotatable bonds is 3. The molecule has 1 saturated heterocycles. The van der Waals surface area contributed by atoms with Crippen molar-refractivity contribution in [3.63, 3.8) is 0 Å². The van der Waals surface area contributed by atoms with E-state index in [1.54, 1.807) is 24.3 Å². The molecular weight excluding hydrogens is 307 g/mol. The van der Waals surface area contributed by atoms with Crippen molar-refractivity contribution in [1.82, 2.24) is 10.1 Å². The number of halogens is 1. The highest BCUT2D eigenvalue weighted by atomic mass is 19.1. The Morgan fingerprint density at radius 2 is 2.17 bits per heavy atom. The van der Waals surface area contributed by atoms with Crippen LogP contribution in [0.1, 0.15) is 38.3 Å². The summed E-state index contributed by atoms with van der Waals surface area (Å²) in [5, 5.41) is 4.11. The monoisotopic (exact) mass is 328 g/mol. The van der Waals surface area contributed by atoms with Crippen LogP contribution in [0.25, 0.3) is 11.3 Å². The lowest BCUT2D eigenvalue weighted by Crippen LogP contribution is -2.44. The molecule has 1 amide bonds. The Labute approximate surface area is 140 Å². The van der Waals surface area contributed by atoms with Gasteiger partial charge in [0.15, 0.2) is 5.76 Å². The Morgan fingerprint density at radius 3 is 2.88 bits per heavy atom. The maximum absolute atomic E-state index is 13.9. The van der Waals surface area contributed by atoms with E-state index in [2.05, 4.69) is 12.1 Å². The van der Waals surface area contributed by atoms with Gasteiger partial charge in [0.25, 0.3) is 0 Å². The van der Waals surface area contributed by atoms with Crippen LogP contribution in [-0.4, -0.2) is 29.1 Å². The number of benzene rings is 1. The second kappa shape index (κ2) is 5.72.